The molecule has 0 radical (unpaired) electrons. The lowest BCUT2D eigenvalue weighted by Crippen LogP contribution is -2.31. The third-order valence-electron chi connectivity index (χ3n) is 4.03. The van der Waals surface area contributed by atoms with Crippen molar-refractivity contribution >= 4 is 31.0 Å². The summed E-state index contributed by atoms with van der Waals surface area (Å²) in [5.74, 6) is 0. The Morgan fingerprint density at radius 1 is 0.762 bits per heavy atom. The molecule has 0 saturated carbocycles. The molecule has 21 heavy (non-hydrogen) atoms. The van der Waals surface area contributed by atoms with E-state index in [0.717, 1.165) is 12.8 Å². The summed E-state index contributed by atoms with van der Waals surface area (Å²) in [6, 6.07) is 17.5. The lowest BCUT2D eigenvalue weighted by molar-refractivity contribution is 1.25. The topological polar surface area (TPSA) is 0 Å². The molecule has 108 valence electrons. The Balaban J connectivity index is 2.40. The third kappa shape index (κ3) is 3.62. The lowest BCUT2D eigenvalue weighted by Gasteiger charge is -2.14. The first-order chi connectivity index (χ1) is 10.2. The Morgan fingerprint density at radius 2 is 1.14 bits per heavy atom. The molecule has 0 nitrogen and oxygen atoms in total. The Labute approximate surface area is 131 Å². The van der Waals surface area contributed by atoms with Gasteiger partial charge in [-0.2, -0.15) is 0 Å². The van der Waals surface area contributed by atoms with Crippen LogP contribution in [0.3, 0.4) is 0 Å². The molecule has 0 bridgehead atoms. The van der Waals surface area contributed by atoms with Gasteiger partial charge in [0.1, 0.15) is 0 Å². The maximum Gasteiger partial charge on any atom is 0.0891 e. The number of allylic oxidation sites excluding steroid dienone is 2. The lowest BCUT2D eigenvalue weighted by atomic mass is 10.1. The molecule has 2 aromatic rings. The van der Waals surface area contributed by atoms with Gasteiger partial charge in [0.25, 0.3) is 0 Å². The molecule has 0 fully saturated rings. The van der Waals surface area contributed by atoms with Gasteiger partial charge >= 0.3 is 0 Å². The molecule has 0 aliphatic carbocycles. The van der Waals surface area contributed by atoms with Crippen LogP contribution in [-0.2, 0) is 0 Å². The molecule has 0 aromatic heterocycles. The van der Waals surface area contributed by atoms with Gasteiger partial charge in [0.2, 0.25) is 0 Å². The van der Waals surface area contributed by atoms with Crippen LogP contribution in [-0.4, -0.2) is 9.52 Å². The van der Waals surface area contributed by atoms with Crippen LogP contribution in [0.5, 0.6) is 0 Å². The maximum absolute atomic E-state index is 4.22. The van der Waals surface area contributed by atoms with Crippen molar-refractivity contribution in [3.8, 4) is 0 Å². The second-order valence-corrected chi connectivity index (χ2v) is 7.28. The highest BCUT2D eigenvalue weighted by molar-refractivity contribution is 6.69. The fourth-order valence-corrected chi connectivity index (χ4v) is 4.66. The van der Waals surface area contributed by atoms with Crippen LogP contribution < -0.4 is 10.4 Å². The summed E-state index contributed by atoms with van der Waals surface area (Å²) in [5.41, 5.74) is 5.18. The van der Waals surface area contributed by atoms with E-state index in [9.17, 15) is 0 Å². The van der Waals surface area contributed by atoms with Crippen molar-refractivity contribution in [2.24, 2.45) is 0 Å². The summed E-state index contributed by atoms with van der Waals surface area (Å²) < 4.78 is 0. The SMILES string of the molecule is C=C(CC)c1ccccc1[SiH2]c1ccccc1C(=C)CC. The highest BCUT2D eigenvalue weighted by Gasteiger charge is 2.09. The Bertz CT molecular complexity index is 595. The standard InChI is InChI=1S/C20H24Si/c1-5-15(3)17-11-7-9-13-19(17)21-20-14-10-8-12-18(20)16(4)6-2/h7-14H,3-6,21H2,1-2H3. The van der Waals surface area contributed by atoms with E-state index >= 15 is 0 Å². The molecule has 0 aliphatic heterocycles. The van der Waals surface area contributed by atoms with Crippen molar-refractivity contribution in [3.63, 3.8) is 0 Å². The first-order valence-corrected chi connectivity index (χ1v) is 9.10. The fraction of sp³-hybridized carbons (Fsp3) is 0.200. The minimum Gasteiger partial charge on any atom is -0.0952 e. The molecule has 0 spiro atoms. The zero-order valence-electron chi connectivity index (χ0n) is 13.2. The summed E-state index contributed by atoms with van der Waals surface area (Å²) in [7, 11) is -0.518. The highest BCUT2D eigenvalue weighted by atomic mass is 28.2. The van der Waals surface area contributed by atoms with Crippen molar-refractivity contribution in [1.82, 2.24) is 0 Å². The molecule has 0 atom stereocenters. The largest absolute Gasteiger partial charge is 0.0952 e. The van der Waals surface area contributed by atoms with Gasteiger partial charge in [0.15, 0.2) is 0 Å². The molecule has 0 aliphatic rings. The van der Waals surface area contributed by atoms with E-state index < -0.39 is 9.52 Å². The minimum atomic E-state index is -0.518. The average molecular weight is 292 g/mol. The summed E-state index contributed by atoms with van der Waals surface area (Å²) in [5, 5.41) is 2.97. The molecule has 0 unspecified atom stereocenters. The van der Waals surface area contributed by atoms with E-state index in [1.807, 2.05) is 0 Å². The first-order valence-electron chi connectivity index (χ1n) is 7.69. The van der Waals surface area contributed by atoms with Gasteiger partial charge in [0.05, 0.1) is 9.52 Å². The van der Waals surface area contributed by atoms with Gasteiger partial charge in [-0.25, -0.2) is 0 Å². The van der Waals surface area contributed by atoms with Crippen molar-refractivity contribution in [2.75, 3.05) is 0 Å². The zero-order chi connectivity index (χ0) is 15.2. The van der Waals surface area contributed by atoms with Crippen LogP contribution in [0.25, 0.3) is 11.1 Å². The number of benzene rings is 2. The average Bonchev–Trinajstić information content (AvgIpc) is 2.54. The van der Waals surface area contributed by atoms with Crippen molar-refractivity contribution < 1.29 is 0 Å². The monoisotopic (exact) mass is 292 g/mol. The molecule has 1 heteroatoms. The highest BCUT2D eigenvalue weighted by Crippen LogP contribution is 2.15. The number of hydrogen-bond acceptors (Lipinski definition) is 0. The number of hydrogen-bond donors (Lipinski definition) is 0. The van der Waals surface area contributed by atoms with E-state index in [0.29, 0.717) is 0 Å². The summed E-state index contributed by atoms with van der Waals surface area (Å²) in [6.45, 7) is 12.8. The predicted octanol–water partition coefficient (Wildman–Crippen LogP) is 3.65. The van der Waals surface area contributed by atoms with E-state index in [4.69, 9.17) is 0 Å². The Morgan fingerprint density at radius 3 is 1.52 bits per heavy atom. The minimum absolute atomic E-state index is 0.518. The molecule has 0 heterocycles. The van der Waals surface area contributed by atoms with E-state index in [-0.39, 0.29) is 0 Å². The first kappa shape index (κ1) is 15.5. The second-order valence-electron chi connectivity index (χ2n) is 5.41. The Hall–Kier alpha value is -1.86. The van der Waals surface area contributed by atoms with Crippen LogP contribution in [0.2, 0.25) is 0 Å². The van der Waals surface area contributed by atoms with Crippen LogP contribution in [0.4, 0.5) is 0 Å². The predicted molar refractivity (Wildman–Crippen MR) is 99.3 cm³/mol. The van der Waals surface area contributed by atoms with E-state index in [2.05, 4.69) is 75.5 Å². The van der Waals surface area contributed by atoms with Crippen molar-refractivity contribution in [1.29, 1.82) is 0 Å². The third-order valence-corrected chi connectivity index (χ3v) is 6.03. The zero-order valence-corrected chi connectivity index (χ0v) is 14.6. The van der Waals surface area contributed by atoms with Gasteiger partial charge in [-0.1, -0.05) is 85.9 Å². The van der Waals surface area contributed by atoms with Crippen LogP contribution in [0.1, 0.15) is 37.8 Å². The second kappa shape index (κ2) is 7.23. The summed E-state index contributed by atoms with van der Waals surface area (Å²) >= 11 is 0. The smallest absolute Gasteiger partial charge is 0.0891 e. The molecule has 2 aromatic carbocycles. The van der Waals surface area contributed by atoms with Gasteiger partial charge in [-0.3, -0.25) is 0 Å². The van der Waals surface area contributed by atoms with Gasteiger partial charge < -0.3 is 0 Å². The summed E-state index contributed by atoms with van der Waals surface area (Å²) in [6.07, 6.45) is 2.02. The van der Waals surface area contributed by atoms with Gasteiger partial charge in [0, 0.05) is 0 Å². The van der Waals surface area contributed by atoms with Crippen molar-refractivity contribution in [2.45, 2.75) is 26.7 Å². The number of rotatable bonds is 6. The fourth-order valence-electron chi connectivity index (χ4n) is 2.62. The van der Waals surface area contributed by atoms with Crippen LogP contribution >= 0.6 is 0 Å². The molecule has 0 amide bonds. The molecular weight excluding hydrogens is 268 g/mol. The normalized spacial score (nSPS) is 10.4. The molecule has 0 N–H and O–H groups in total. The maximum atomic E-state index is 4.22. The van der Waals surface area contributed by atoms with Gasteiger partial charge in [-0.05, 0) is 35.1 Å². The van der Waals surface area contributed by atoms with Crippen LogP contribution in [0.15, 0.2) is 61.7 Å². The van der Waals surface area contributed by atoms with Crippen molar-refractivity contribution in [3.05, 3.63) is 72.8 Å². The van der Waals surface area contributed by atoms with E-state index in [1.165, 1.54) is 32.6 Å². The van der Waals surface area contributed by atoms with Gasteiger partial charge in [-0.15, -0.1) is 0 Å². The molecule has 0 saturated heterocycles. The molecular formula is C20H24Si. The quantitative estimate of drug-likeness (QED) is 0.713. The van der Waals surface area contributed by atoms with Crippen LogP contribution in [0, 0.1) is 0 Å². The Kier molecular flexibility index (Phi) is 5.35. The molecule has 2 rings (SSSR count). The van der Waals surface area contributed by atoms with E-state index in [1.54, 1.807) is 0 Å². The summed E-state index contributed by atoms with van der Waals surface area (Å²) in [4.78, 5) is 0.